The van der Waals surface area contributed by atoms with Crippen molar-refractivity contribution < 1.29 is 18.9 Å². The molecule has 0 saturated heterocycles. The molecule has 0 atom stereocenters. The average molecular weight is 685 g/mol. The molecule has 0 unspecified atom stereocenters. The van der Waals surface area contributed by atoms with Crippen LogP contribution in [0.15, 0.2) is 24.3 Å². The van der Waals surface area contributed by atoms with Gasteiger partial charge in [-0.25, -0.2) is 0 Å². The number of ether oxygens (including phenoxy) is 4. The molecular weight excluding hydrogens is 633 g/mol. The summed E-state index contributed by atoms with van der Waals surface area (Å²) >= 11 is 4.79. The van der Waals surface area contributed by atoms with E-state index in [1.807, 2.05) is 0 Å². The van der Waals surface area contributed by atoms with Gasteiger partial charge in [0, 0.05) is 33.4 Å². The van der Waals surface area contributed by atoms with Crippen molar-refractivity contribution in [2.24, 2.45) is 5.41 Å². The highest BCUT2D eigenvalue weighted by Gasteiger charge is 2.38. The largest absolute Gasteiger partial charge is 0.488 e. The monoisotopic (exact) mass is 684 g/mol. The van der Waals surface area contributed by atoms with Crippen LogP contribution in [0, 0.1) is 19.3 Å². The summed E-state index contributed by atoms with van der Waals surface area (Å²) in [5, 5.41) is 0. The number of thiophene rings is 2. The highest BCUT2D eigenvalue weighted by atomic mass is 32.1. The van der Waals surface area contributed by atoms with Gasteiger partial charge < -0.3 is 18.9 Å². The summed E-state index contributed by atoms with van der Waals surface area (Å²) in [6, 6.07) is 8.70. The fraction of sp³-hybridized carbons (Fsp3) is 0.622. The van der Waals surface area contributed by atoms with Crippen LogP contribution < -0.4 is 9.47 Å². The van der Waals surface area contributed by atoms with Crippen LogP contribution in [-0.4, -0.2) is 48.4 Å². The van der Waals surface area contributed by atoms with Gasteiger partial charge in [-0.15, -0.1) is 22.7 Å². The Hall–Kier alpha value is -2.04. The van der Waals surface area contributed by atoms with E-state index in [-0.39, 0.29) is 5.41 Å². The summed E-state index contributed by atoms with van der Waals surface area (Å²) in [5.41, 5.74) is 3.90. The summed E-state index contributed by atoms with van der Waals surface area (Å²) in [7, 11) is 0. The number of rotatable bonds is 20. The second-order valence-corrected chi connectivity index (χ2v) is 15.8. The van der Waals surface area contributed by atoms with Gasteiger partial charge in [-0.3, -0.25) is 0 Å². The zero-order valence-electron chi connectivity index (χ0n) is 28.3. The van der Waals surface area contributed by atoms with Crippen molar-refractivity contribution in [3.05, 3.63) is 34.7 Å². The van der Waals surface area contributed by atoms with Crippen molar-refractivity contribution in [2.45, 2.75) is 105 Å². The summed E-state index contributed by atoms with van der Waals surface area (Å²) in [4.78, 5) is 4.62. The van der Waals surface area contributed by atoms with Gasteiger partial charge in [0.25, 0.3) is 0 Å². The minimum atomic E-state index is -0.351. The molecule has 252 valence electrons. The van der Waals surface area contributed by atoms with Crippen molar-refractivity contribution >= 4 is 45.4 Å². The lowest BCUT2D eigenvalue weighted by molar-refractivity contribution is -0.0605. The number of aromatic nitrogens is 2. The molecule has 0 bridgehead atoms. The third-order valence-corrected chi connectivity index (χ3v) is 11.7. The van der Waals surface area contributed by atoms with Crippen LogP contribution in [0.4, 0.5) is 0 Å². The zero-order chi connectivity index (χ0) is 32.2. The third kappa shape index (κ3) is 9.10. The normalized spacial score (nSPS) is 14.3. The van der Waals surface area contributed by atoms with E-state index >= 15 is 0 Å². The quantitative estimate of drug-likeness (QED) is 0.0864. The van der Waals surface area contributed by atoms with Crippen molar-refractivity contribution in [1.29, 1.82) is 0 Å². The van der Waals surface area contributed by atoms with Gasteiger partial charge in [0.05, 0.1) is 35.2 Å². The lowest BCUT2D eigenvalue weighted by Crippen LogP contribution is -2.42. The fourth-order valence-corrected chi connectivity index (χ4v) is 8.81. The maximum Gasteiger partial charge on any atom is 0.180 e. The Morgan fingerprint density at radius 2 is 1.26 bits per heavy atom. The number of nitrogens with zero attached hydrogens (tertiary/aromatic N) is 2. The molecular formula is C37H52N2O4S3. The molecule has 0 N–H and O–H groups in total. The molecule has 5 rings (SSSR count). The summed E-state index contributed by atoms with van der Waals surface area (Å²) in [5.74, 6) is 1.72. The van der Waals surface area contributed by atoms with Gasteiger partial charge in [0.1, 0.15) is 24.2 Å². The molecule has 1 aliphatic rings. The molecule has 0 spiro atoms. The summed E-state index contributed by atoms with van der Waals surface area (Å²) in [6.07, 6.45) is 15.1. The van der Waals surface area contributed by atoms with Gasteiger partial charge in [-0.2, -0.15) is 8.75 Å². The first-order valence-electron chi connectivity index (χ1n) is 17.4. The van der Waals surface area contributed by atoms with E-state index < -0.39 is 0 Å². The molecule has 1 aromatic carbocycles. The van der Waals surface area contributed by atoms with E-state index in [2.05, 4.69) is 60.7 Å². The minimum Gasteiger partial charge on any atom is -0.488 e. The zero-order valence-corrected chi connectivity index (χ0v) is 30.7. The topological polar surface area (TPSA) is 62.7 Å². The van der Waals surface area contributed by atoms with E-state index in [0.29, 0.717) is 26.4 Å². The van der Waals surface area contributed by atoms with Gasteiger partial charge in [-0.05, 0) is 44.4 Å². The molecule has 6 nitrogen and oxygen atoms in total. The smallest absolute Gasteiger partial charge is 0.180 e. The number of fused-ring (bicyclic) bond motifs is 2. The molecule has 1 aliphatic heterocycles. The Bertz CT molecular complexity index is 1470. The van der Waals surface area contributed by atoms with Crippen LogP contribution in [-0.2, 0) is 9.47 Å². The second kappa shape index (κ2) is 17.9. The lowest BCUT2D eigenvalue weighted by atomic mass is 9.92. The Morgan fingerprint density at radius 1 is 0.674 bits per heavy atom. The summed E-state index contributed by atoms with van der Waals surface area (Å²) < 4.78 is 35.1. The molecule has 9 heteroatoms. The first-order chi connectivity index (χ1) is 22.5. The van der Waals surface area contributed by atoms with Crippen molar-refractivity contribution in [1.82, 2.24) is 8.75 Å². The third-order valence-electron chi connectivity index (χ3n) is 8.85. The van der Waals surface area contributed by atoms with Gasteiger partial charge in [0.15, 0.2) is 11.5 Å². The van der Waals surface area contributed by atoms with Crippen LogP contribution in [0.25, 0.3) is 31.2 Å². The van der Waals surface area contributed by atoms with Crippen molar-refractivity contribution in [3.8, 4) is 31.7 Å². The molecule has 0 aliphatic carbocycles. The SMILES string of the molecule is CCCCCCCCOCC1(COCCCCCCCC)COc2c(C)sc(-c3ccc(-c4ccc(C)c5nsnc45)s3)c2OC1. The highest BCUT2D eigenvalue weighted by Crippen LogP contribution is 2.52. The molecule has 3 aromatic heterocycles. The molecule has 4 aromatic rings. The molecule has 0 radical (unpaired) electrons. The van der Waals surface area contributed by atoms with E-state index in [1.54, 1.807) is 22.7 Å². The van der Waals surface area contributed by atoms with Crippen LogP contribution in [0.5, 0.6) is 11.5 Å². The Balaban J connectivity index is 1.26. The maximum atomic E-state index is 6.72. The van der Waals surface area contributed by atoms with Crippen LogP contribution >= 0.6 is 34.4 Å². The molecule has 0 amide bonds. The number of aryl methyl sites for hydroxylation is 2. The minimum absolute atomic E-state index is 0.351. The average Bonchev–Trinajstić information content (AvgIpc) is 3.79. The van der Waals surface area contributed by atoms with Crippen molar-refractivity contribution in [2.75, 3.05) is 39.6 Å². The fourth-order valence-electron chi connectivity index (χ4n) is 6.01. The Labute approximate surface area is 288 Å². The van der Waals surface area contributed by atoms with E-state index in [1.165, 1.54) is 85.7 Å². The maximum absolute atomic E-state index is 6.72. The molecule has 0 saturated carbocycles. The predicted octanol–water partition coefficient (Wildman–Crippen LogP) is 11.3. The van der Waals surface area contributed by atoms with Crippen LogP contribution in [0.3, 0.4) is 0 Å². The number of unbranched alkanes of at least 4 members (excludes halogenated alkanes) is 10. The van der Waals surface area contributed by atoms with Crippen molar-refractivity contribution in [3.63, 3.8) is 0 Å². The van der Waals surface area contributed by atoms with Crippen LogP contribution in [0.1, 0.15) is 101 Å². The first-order valence-corrected chi connectivity index (χ1v) is 19.8. The predicted molar refractivity (Wildman–Crippen MR) is 195 cm³/mol. The van der Waals surface area contributed by atoms with Gasteiger partial charge in [-0.1, -0.05) is 90.2 Å². The highest BCUT2D eigenvalue weighted by molar-refractivity contribution is 7.24. The number of benzene rings is 1. The summed E-state index contributed by atoms with van der Waals surface area (Å²) in [6.45, 7) is 12.5. The van der Waals surface area contributed by atoms with Gasteiger partial charge in [0.2, 0.25) is 0 Å². The lowest BCUT2D eigenvalue weighted by Gasteiger charge is -2.30. The molecule has 4 heterocycles. The Morgan fingerprint density at radius 3 is 1.93 bits per heavy atom. The molecule has 0 fully saturated rings. The number of hydrogen-bond acceptors (Lipinski definition) is 9. The van der Waals surface area contributed by atoms with E-state index in [4.69, 9.17) is 18.9 Å². The van der Waals surface area contributed by atoms with E-state index in [0.717, 1.165) is 69.5 Å². The number of hydrogen-bond donors (Lipinski definition) is 0. The Kier molecular flexibility index (Phi) is 13.7. The van der Waals surface area contributed by atoms with Crippen LogP contribution in [0.2, 0.25) is 0 Å². The van der Waals surface area contributed by atoms with Gasteiger partial charge >= 0.3 is 0 Å². The second-order valence-electron chi connectivity index (χ2n) is 12.9. The van der Waals surface area contributed by atoms with E-state index in [9.17, 15) is 0 Å². The molecule has 46 heavy (non-hydrogen) atoms. The first kappa shape index (κ1) is 35.3. The standard InChI is InChI=1S/C37H52N2O4S3/c1-5-7-9-11-13-15-21-40-23-37(24-41-22-16-14-12-10-8-6-2)25-42-34-28(4)44-36(35(34)43-26-37)31-20-19-30(45-31)29-18-17-27(3)32-33(29)39-46-38-32/h17-20H,5-16,21-26H2,1-4H3.